The van der Waals surface area contributed by atoms with Crippen LogP contribution in [-0.4, -0.2) is 42.7 Å². The van der Waals surface area contributed by atoms with Gasteiger partial charge in [0.1, 0.15) is 7.11 Å². The van der Waals surface area contributed by atoms with Crippen molar-refractivity contribution in [3.05, 3.63) is 0 Å². The third kappa shape index (κ3) is 4.03. The molecule has 1 aliphatic rings. The molecule has 0 aliphatic carbocycles. The van der Waals surface area contributed by atoms with E-state index in [1.807, 2.05) is 0 Å². The first kappa shape index (κ1) is 14.0. The SMILES string of the molecule is CON=C1CCN(C(C)CCl)CC1.Cl. The van der Waals surface area contributed by atoms with Crippen molar-refractivity contribution in [2.45, 2.75) is 25.8 Å². The Labute approximate surface area is 96.8 Å². The van der Waals surface area contributed by atoms with Crippen LogP contribution in [0.5, 0.6) is 0 Å². The van der Waals surface area contributed by atoms with Crippen molar-refractivity contribution in [1.29, 1.82) is 0 Å². The zero-order valence-corrected chi connectivity index (χ0v) is 10.3. The fraction of sp³-hybridized carbons (Fsp3) is 0.889. The number of alkyl halides is 1. The molecule has 1 saturated heterocycles. The molecule has 1 fully saturated rings. The number of hydrogen-bond acceptors (Lipinski definition) is 3. The number of rotatable bonds is 3. The molecule has 1 heterocycles. The Morgan fingerprint density at radius 1 is 1.50 bits per heavy atom. The molecule has 0 radical (unpaired) electrons. The molecule has 1 atom stereocenters. The molecule has 84 valence electrons. The molecule has 0 saturated carbocycles. The Morgan fingerprint density at radius 3 is 2.50 bits per heavy atom. The molecule has 1 aliphatic heterocycles. The van der Waals surface area contributed by atoms with Crippen LogP contribution in [-0.2, 0) is 4.84 Å². The van der Waals surface area contributed by atoms with E-state index < -0.39 is 0 Å². The normalized spacial score (nSPS) is 19.8. The van der Waals surface area contributed by atoms with Crippen LogP contribution in [0, 0.1) is 0 Å². The van der Waals surface area contributed by atoms with Gasteiger partial charge in [-0.15, -0.1) is 24.0 Å². The maximum absolute atomic E-state index is 5.79. The summed E-state index contributed by atoms with van der Waals surface area (Å²) >= 11 is 5.79. The number of likely N-dealkylation sites (tertiary alicyclic amines) is 1. The van der Waals surface area contributed by atoms with Crippen LogP contribution in [0.4, 0.5) is 0 Å². The van der Waals surface area contributed by atoms with Gasteiger partial charge in [-0.25, -0.2) is 0 Å². The Hall–Kier alpha value is 0.01000. The van der Waals surface area contributed by atoms with Gasteiger partial charge >= 0.3 is 0 Å². The van der Waals surface area contributed by atoms with Gasteiger partial charge < -0.3 is 4.84 Å². The van der Waals surface area contributed by atoms with Crippen LogP contribution < -0.4 is 0 Å². The Balaban J connectivity index is 0.00000169. The quantitative estimate of drug-likeness (QED) is 0.558. The molecule has 0 spiro atoms. The first-order valence-electron chi connectivity index (χ1n) is 4.67. The average Bonchev–Trinajstić information content (AvgIpc) is 2.18. The topological polar surface area (TPSA) is 24.8 Å². The second kappa shape index (κ2) is 7.32. The highest BCUT2D eigenvalue weighted by atomic mass is 35.5. The van der Waals surface area contributed by atoms with Gasteiger partial charge in [-0.05, 0) is 6.92 Å². The van der Waals surface area contributed by atoms with E-state index >= 15 is 0 Å². The van der Waals surface area contributed by atoms with Crippen molar-refractivity contribution in [2.75, 3.05) is 26.1 Å². The molecule has 0 amide bonds. The van der Waals surface area contributed by atoms with E-state index in [1.165, 1.54) is 5.71 Å². The predicted octanol–water partition coefficient (Wildman–Crippen LogP) is 2.13. The highest BCUT2D eigenvalue weighted by Gasteiger charge is 2.19. The second-order valence-corrected chi connectivity index (χ2v) is 3.69. The summed E-state index contributed by atoms with van der Waals surface area (Å²) in [6.07, 6.45) is 2.02. The van der Waals surface area contributed by atoms with E-state index in [2.05, 4.69) is 17.0 Å². The van der Waals surface area contributed by atoms with E-state index in [4.69, 9.17) is 16.4 Å². The van der Waals surface area contributed by atoms with Crippen molar-refractivity contribution in [2.24, 2.45) is 5.16 Å². The largest absolute Gasteiger partial charge is 0.399 e. The van der Waals surface area contributed by atoms with Crippen molar-refractivity contribution in [1.82, 2.24) is 4.90 Å². The maximum Gasteiger partial charge on any atom is 0.106 e. The molecular formula is C9H18Cl2N2O. The third-order valence-corrected chi connectivity index (χ3v) is 2.89. The minimum Gasteiger partial charge on any atom is -0.399 e. The zero-order chi connectivity index (χ0) is 9.68. The summed E-state index contributed by atoms with van der Waals surface area (Å²) in [6, 6.07) is 0.478. The molecule has 0 N–H and O–H groups in total. The lowest BCUT2D eigenvalue weighted by atomic mass is 10.1. The van der Waals surface area contributed by atoms with Gasteiger partial charge in [0.25, 0.3) is 0 Å². The standard InChI is InChI=1S/C9H17ClN2O.ClH/c1-8(7-10)12-5-3-9(4-6-12)11-13-2;/h8H,3-7H2,1-2H3;1H. The number of halogens is 2. The molecule has 3 nitrogen and oxygen atoms in total. The summed E-state index contributed by atoms with van der Waals surface area (Å²) in [7, 11) is 1.60. The fourth-order valence-electron chi connectivity index (χ4n) is 1.54. The minimum atomic E-state index is 0. The predicted molar refractivity (Wildman–Crippen MR) is 62.7 cm³/mol. The lowest BCUT2D eigenvalue weighted by Gasteiger charge is -2.31. The van der Waals surface area contributed by atoms with Crippen LogP contribution in [0.1, 0.15) is 19.8 Å². The minimum absolute atomic E-state index is 0. The van der Waals surface area contributed by atoms with Crippen LogP contribution in [0.25, 0.3) is 0 Å². The Morgan fingerprint density at radius 2 is 2.07 bits per heavy atom. The van der Waals surface area contributed by atoms with Gasteiger partial charge in [0, 0.05) is 37.9 Å². The fourth-order valence-corrected chi connectivity index (χ4v) is 1.74. The van der Waals surface area contributed by atoms with E-state index in [0.717, 1.165) is 25.9 Å². The first-order chi connectivity index (χ1) is 6.27. The van der Waals surface area contributed by atoms with Gasteiger partial charge in [0.2, 0.25) is 0 Å². The van der Waals surface area contributed by atoms with E-state index in [-0.39, 0.29) is 12.4 Å². The number of oxime groups is 1. The first-order valence-corrected chi connectivity index (χ1v) is 5.20. The molecule has 0 aromatic heterocycles. The van der Waals surface area contributed by atoms with Crippen LogP contribution in [0.15, 0.2) is 5.16 Å². The molecule has 14 heavy (non-hydrogen) atoms. The molecular weight excluding hydrogens is 223 g/mol. The van der Waals surface area contributed by atoms with E-state index in [9.17, 15) is 0 Å². The third-order valence-electron chi connectivity index (χ3n) is 2.44. The van der Waals surface area contributed by atoms with Crippen molar-refractivity contribution in [3.63, 3.8) is 0 Å². The number of nitrogens with zero attached hydrogens (tertiary/aromatic N) is 2. The molecule has 0 aromatic carbocycles. The summed E-state index contributed by atoms with van der Waals surface area (Å²) in [6.45, 7) is 4.26. The van der Waals surface area contributed by atoms with Gasteiger partial charge in [-0.1, -0.05) is 5.16 Å². The van der Waals surface area contributed by atoms with Crippen LogP contribution in [0.2, 0.25) is 0 Å². The van der Waals surface area contributed by atoms with Gasteiger partial charge in [0.15, 0.2) is 0 Å². The number of piperidine rings is 1. The molecule has 5 heteroatoms. The maximum atomic E-state index is 5.79. The monoisotopic (exact) mass is 240 g/mol. The van der Waals surface area contributed by atoms with Crippen LogP contribution >= 0.6 is 24.0 Å². The average molecular weight is 241 g/mol. The van der Waals surface area contributed by atoms with E-state index in [0.29, 0.717) is 11.9 Å². The van der Waals surface area contributed by atoms with Crippen molar-refractivity contribution < 1.29 is 4.84 Å². The highest BCUT2D eigenvalue weighted by Crippen LogP contribution is 2.11. The summed E-state index contributed by atoms with van der Waals surface area (Å²) in [4.78, 5) is 7.14. The van der Waals surface area contributed by atoms with Gasteiger partial charge in [0.05, 0.1) is 5.71 Å². The highest BCUT2D eigenvalue weighted by molar-refractivity contribution is 6.18. The summed E-state index contributed by atoms with van der Waals surface area (Å²) < 4.78 is 0. The Kier molecular flexibility index (Phi) is 7.33. The van der Waals surface area contributed by atoms with Gasteiger partial charge in [-0.2, -0.15) is 0 Å². The van der Waals surface area contributed by atoms with Crippen molar-refractivity contribution >= 4 is 29.7 Å². The molecule has 1 unspecified atom stereocenters. The van der Waals surface area contributed by atoms with E-state index in [1.54, 1.807) is 7.11 Å². The summed E-state index contributed by atoms with van der Waals surface area (Å²) in [5.74, 6) is 0.705. The lowest BCUT2D eigenvalue weighted by Crippen LogP contribution is -2.41. The zero-order valence-electron chi connectivity index (χ0n) is 8.70. The summed E-state index contributed by atoms with van der Waals surface area (Å²) in [5.41, 5.74) is 1.17. The van der Waals surface area contributed by atoms with Gasteiger partial charge in [-0.3, -0.25) is 4.90 Å². The smallest absolute Gasteiger partial charge is 0.106 e. The second-order valence-electron chi connectivity index (χ2n) is 3.38. The lowest BCUT2D eigenvalue weighted by molar-refractivity contribution is 0.196. The van der Waals surface area contributed by atoms with Crippen molar-refractivity contribution in [3.8, 4) is 0 Å². The molecule has 0 aromatic rings. The Bertz CT molecular complexity index is 178. The number of hydrogen-bond donors (Lipinski definition) is 0. The van der Waals surface area contributed by atoms with Crippen LogP contribution in [0.3, 0.4) is 0 Å². The summed E-state index contributed by atoms with van der Waals surface area (Å²) in [5, 5.41) is 3.96. The molecule has 0 bridgehead atoms. The molecule has 1 rings (SSSR count).